The molecule has 5 rings (SSSR count). The average Bonchev–Trinajstić information content (AvgIpc) is 2.93. The van der Waals surface area contributed by atoms with Gasteiger partial charge >= 0.3 is 0 Å². The summed E-state index contributed by atoms with van der Waals surface area (Å²) in [5.74, 6) is 0.111. The summed E-state index contributed by atoms with van der Waals surface area (Å²) in [7, 11) is 0. The van der Waals surface area contributed by atoms with Gasteiger partial charge in [-0.1, -0.05) is 84.9 Å². The van der Waals surface area contributed by atoms with E-state index in [1.807, 2.05) is 79.0 Å². The minimum atomic E-state index is -0.0803. The lowest BCUT2D eigenvalue weighted by atomic mass is 10.00. The molecule has 0 fully saturated rings. The topological polar surface area (TPSA) is 54.6 Å². The molecule has 0 spiro atoms. The molecule has 4 nitrogen and oxygen atoms in total. The van der Waals surface area contributed by atoms with Crippen molar-refractivity contribution in [3.05, 3.63) is 148 Å². The number of phenols is 1. The van der Waals surface area contributed by atoms with Gasteiger partial charge in [0.1, 0.15) is 5.75 Å². The smallest absolute Gasteiger partial charge is 0.198 e. The lowest BCUT2D eigenvalue weighted by Gasteiger charge is -2.16. The van der Waals surface area contributed by atoms with Crippen molar-refractivity contribution in [1.82, 2.24) is 4.57 Å². The highest BCUT2D eigenvalue weighted by Gasteiger charge is 2.18. The minimum Gasteiger partial charge on any atom is -0.507 e. The number of aromatic hydroxyl groups is 1. The van der Waals surface area contributed by atoms with E-state index in [1.165, 1.54) is 11.1 Å². The van der Waals surface area contributed by atoms with Crippen LogP contribution in [0, 0.1) is 0 Å². The third-order valence-electron chi connectivity index (χ3n) is 6.40. The molecule has 0 atom stereocenters. The molecule has 4 aromatic carbocycles. The van der Waals surface area contributed by atoms with Gasteiger partial charge in [0, 0.05) is 30.2 Å². The number of rotatable bonds is 8. The first kappa shape index (κ1) is 23.3. The summed E-state index contributed by atoms with van der Waals surface area (Å²) in [5.41, 5.74) is 4.81. The molecule has 0 bridgehead atoms. The zero-order chi connectivity index (χ0) is 24.7. The first-order valence-corrected chi connectivity index (χ1v) is 12.2. The number of nitrogens with zero attached hydrogens (tertiary/aromatic N) is 2. The number of aliphatic imine (C=N–C) groups is 1. The van der Waals surface area contributed by atoms with Crippen molar-refractivity contribution in [2.45, 2.75) is 19.4 Å². The summed E-state index contributed by atoms with van der Waals surface area (Å²) in [6.07, 6.45) is 3.49. The maximum Gasteiger partial charge on any atom is 0.198 e. The van der Waals surface area contributed by atoms with Gasteiger partial charge in [0.15, 0.2) is 5.43 Å². The third-order valence-corrected chi connectivity index (χ3v) is 6.40. The van der Waals surface area contributed by atoms with E-state index in [1.54, 1.807) is 12.1 Å². The van der Waals surface area contributed by atoms with Crippen molar-refractivity contribution in [2.24, 2.45) is 4.99 Å². The second-order valence-electron chi connectivity index (χ2n) is 8.80. The molecule has 0 aliphatic rings. The second kappa shape index (κ2) is 10.9. The number of benzene rings is 4. The van der Waals surface area contributed by atoms with Gasteiger partial charge < -0.3 is 9.67 Å². The van der Waals surface area contributed by atoms with Crippen LogP contribution < -0.4 is 5.43 Å². The summed E-state index contributed by atoms with van der Waals surface area (Å²) >= 11 is 0. The van der Waals surface area contributed by atoms with Gasteiger partial charge in [0.25, 0.3) is 0 Å². The summed E-state index contributed by atoms with van der Waals surface area (Å²) < 4.78 is 2.13. The van der Waals surface area contributed by atoms with Crippen LogP contribution in [0.15, 0.2) is 125 Å². The molecule has 0 unspecified atom stereocenters. The lowest BCUT2D eigenvalue weighted by Crippen LogP contribution is -2.21. The maximum atomic E-state index is 13.7. The average molecular weight is 473 g/mol. The molecule has 178 valence electrons. The van der Waals surface area contributed by atoms with E-state index in [0.717, 1.165) is 24.9 Å². The molecule has 5 aromatic rings. The van der Waals surface area contributed by atoms with Crippen LogP contribution in [0.3, 0.4) is 0 Å². The predicted octanol–water partition coefficient (Wildman–Crippen LogP) is 6.03. The van der Waals surface area contributed by atoms with E-state index in [4.69, 9.17) is 4.99 Å². The number of hydrogen-bond acceptors (Lipinski definition) is 3. The van der Waals surface area contributed by atoms with Crippen LogP contribution in [0.4, 0.5) is 0 Å². The number of pyridine rings is 1. The standard InChI is InChI=1S/C32H28N2O2/c35-30-18-10-8-16-27(30)31(33-21-19-24-11-3-1-4-12-24)28-23-34(22-20-25-13-5-2-6-14-25)29-17-9-7-15-26(29)32(28)36/h1-18,23,35H,19-22H2. The van der Waals surface area contributed by atoms with Crippen molar-refractivity contribution in [2.75, 3.05) is 6.54 Å². The SMILES string of the molecule is O=c1c(C(=NCCc2ccccc2)c2ccccc2O)cn(CCc2ccccc2)c2ccccc12. The monoisotopic (exact) mass is 472 g/mol. The van der Waals surface area contributed by atoms with Crippen molar-refractivity contribution < 1.29 is 5.11 Å². The molecule has 0 saturated carbocycles. The first-order chi connectivity index (χ1) is 17.7. The number of phenolic OH excluding ortho intramolecular Hbond substituents is 1. The Hall–Kier alpha value is -4.44. The van der Waals surface area contributed by atoms with E-state index in [9.17, 15) is 9.90 Å². The van der Waals surface area contributed by atoms with Gasteiger partial charge in [-0.15, -0.1) is 0 Å². The van der Waals surface area contributed by atoms with Gasteiger partial charge in [-0.2, -0.15) is 0 Å². The fraction of sp³-hybridized carbons (Fsp3) is 0.125. The maximum absolute atomic E-state index is 13.7. The number of hydrogen-bond donors (Lipinski definition) is 1. The Bertz CT molecular complexity index is 1550. The van der Waals surface area contributed by atoms with Gasteiger partial charge in [-0.05, 0) is 48.2 Å². The Morgan fingerprint density at radius 3 is 2.03 bits per heavy atom. The quantitative estimate of drug-likeness (QED) is 0.280. The molecule has 1 aromatic heterocycles. The molecule has 36 heavy (non-hydrogen) atoms. The van der Waals surface area contributed by atoms with Crippen LogP contribution >= 0.6 is 0 Å². The fourth-order valence-corrected chi connectivity index (χ4v) is 4.52. The molecule has 1 heterocycles. The second-order valence-corrected chi connectivity index (χ2v) is 8.80. The van der Waals surface area contributed by atoms with Crippen LogP contribution in [0.5, 0.6) is 5.75 Å². The van der Waals surface area contributed by atoms with E-state index >= 15 is 0 Å². The zero-order valence-corrected chi connectivity index (χ0v) is 20.0. The molecule has 0 saturated heterocycles. The number of para-hydroxylation sites is 2. The minimum absolute atomic E-state index is 0.0803. The van der Waals surface area contributed by atoms with Crippen molar-refractivity contribution >= 4 is 16.6 Å². The normalized spacial score (nSPS) is 11.6. The zero-order valence-electron chi connectivity index (χ0n) is 20.0. The summed E-state index contributed by atoms with van der Waals surface area (Å²) in [6, 6.07) is 35.3. The molecule has 4 heteroatoms. The fourth-order valence-electron chi connectivity index (χ4n) is 4.52. The summed E-state index contributed by atoms with van der Waals surface area (Å²) in [6.45, 7) is 1.22. The highest BCUT2D eigenvalue weighted by molar-refractivity contribution is 6.15. The molecule has 0 aliphatic carbocycles. The molecule has 0 radical (unpaired) electrons. The molecular formula is C32H28N2O2. The highest BCUT2D eigenvalue weighted by Crippen LogP contribution is 2.22. The van der Waals surface area contributed by atoms with Crippen LogP contribution in [0.25, 0.3) is 10.9 Å². The number of aryl methyl sites for hydroxylation is 2. The van der Waals surface area contributed by atoms with Gasteiger partial charge in [0.2, 0.25) is 0 Å². The largest absolute Gasteiger partial charge is 0.507 e. The first-order valence-electron chi connectivity index (χ1n) is 12.2. The van der Waals surface area contributed by atoms with Crippen LogP contribution in [0.1, 0.15) is 22.3 Å². The van der Waals surface area contributed by atoms with Gasteiger partial charge in [-0.3, -0.25) is 9.79 Å². The molecule has 0 amide bonds. The van der Waals surface area contributed by atoms with Crippen LogP contribution in [0.2, 0.25) is 0 Å². The molecular weight excluding hydrogens is 444 g/mol. The summed E-state index contributed by atoms with van der Waals surface area (Å²) in [4.78, 5) is 18.6. The Labute approximate surface area is 210 Å². The third kappa shape index (κ3) is 5.13. The van der Waals surface area contributed by atoms with E-state index in [0.29, 0.717) is 28.8 Å². The van der Waals surface area contributed by atoms with Crippen molar-refractivity contribution in [3.8, 4) is 5.75 Å². The Morgan fingerprint density at radius 2 is 1.31 bits per heavy atom. The molecule has 1 N–H and O–H groups in total. The number of fused-ring (bicyclic) bond motifs is 1. The molecule has 0 aliphatic heterocycles. The van der Waals surface area contributed by atoms with Crippen LogP contribution in [-0.4, -0.2) is 21.9 Å². The van der Waals surface area contributed by atoms with Crippen molar-refractivity contribution in [1.29, 1.82) is 0 Å². The summed E-state index contributed by atoms with van der Waals surface area (Å²) in [5, 5.41) is 11.3. The highest BCUT2D eigenvalue weighted by atomic mass is 16.3. The van der Waals surface area contributed by atoms with Gasteiger partial charge in [0.05, 0.1) is 16.8 Å². The van der Waals surface area contributed by atoms with E-state index in [2.05, 4.69) is 28.8 Å². The van der Waals surface area contributed by atoms with E-state index < -0.39 is 0 Å². The Kier molecular flexibility index (Phi) is 7.04. The number of aromatic nitrogens is 1. The Morgan fingerprint density at radius 1 is 0.694 bits per heavy atom. The predicted molar refractivity (Wildman–Crippen MR) is 147 cm³/mol. The van der Waals surface area contributed by atoms with Crippen LogP contribution in [-0.2, 0) is 19.4 Å². The van der Waals surface area contributed by atoms with E-state index in [-0.39, 0.29) is 11.2 Å². The van der Waals surface area contributed by atoms with Gasteiger partial charge in [-0.25, -0.2) is 0 Å². The Balaban J connectivity index is 1.60. The lowest BCUT2D eigenvalue weighted by molar-refractivity contribution is 0.474. The van der Waals surface area contributed by atoms with Crippen molar-refractivity contribution in [3.63, 3.8) is 0 Å².